The van der Waals surface area contributed by atoms with E-state index in [1.165, 1.54) is 10.6 Å². The van der Waals surface area contributed by atoms with Crippen LogP contribution in [-0.2, 0) is 21.2 Å². The summed E-state index contributed by atoms with van der Waals surface area (Å²) in [6, 6.07) is 7.63. The Morgan fingerprint density at radius 3 is 2.67 bits per heavy atom. The minimum atomic E-state index is -3.37. The summed E-state index contributed by atoms with van der Waals surface area (Å²) in [5.41, 5.74) is 1.06. The number of hydrogen-bond donors (Lipinski definition) is 1. The Kier molecular flexibility index (Phi) is 6.62. The first-order chi connectivity index (χ1) is 11.4. The summed E-state index contributed by atoms with van der Waals surface area (Å²) in [6.07, 6.45) is 5.57. The first kappa shape index (κ1) is 18.7. The van der Waals surface area contributed by atoms with Gasteiger partial charge in [0.15, 0.2) is 0 Å². The van der Waals surface area contributed by atoms with Gasteiger partial charge in [0.25, 0.3) is 0 Å². The van der Waals surface area contributed by atoms with Crippen LogP contribution in [0.3, 0.4) is 0 Å². The SMILES string of the molecule is COc1cccc(CCNC(=O)CN(C2CCCC2)S(C)(=O)=O)c1. The topological polar surface area (TPSA) is 75.7 Å². The highest BCUT2D eigenvalue weighted by Crippen LogP contribution is 2.25. The third kappa shape index (κ3) is 5.49. The number of rotatable bonds is 8. The van der Waals surface area contributed by atoms with Crippen molar-refractivity contribution in [3.8, 4) is 5.75 Å². The van der Waals surface area contributed by atoms with Gasteiger partial charge in [0.2, 0.25) is 15.9 Å². The molecule has 1 N–H and O–H groups in total. The molecular formula is C17H26N2O4S. The van der Waals surface area contributed by atoms with E-state index < -0.39 is 10.0 Å². The fourth-order valence-corrected chi connectivity index (χ4v) is 4.19. The van der Waals surface area contributed by atoms with Gasteiger partial charge in [-0.2, -0.15) is 4.31 Å². The van der Waals surface area contributed by atoms with Gasteiger partial charge >= 0.3 is 0 Å². The molecule has 1 aromatic rings. The van der Waals surface area contributed by atoms with Crippen molar-refractivity contribution in [2.45, 2.75) is 38.1 Å². The molecule has 0 unspecified atom stereocenters. The smallest absolute Gasteiger partial charge is 0.235 e. The van der Waals surface area contributed by atoms with Crippen molar-refractivity contribution in [1.29, 1.82) is 0 Å². The van der Waals surface area contributed by atoms with Crippen LogP contribution in [0.2, 0.25) is 0 Å². The summed E-state index contributed by atoms with van der Waals surface area (Å²) in [6.45, 7) is 0.371. The Labute approximate surface area is 144 Å². The fraction of sp³-hybridized carbons (Fsp3) is 0.588. The number of hydrogen-bond acceptors (Lipinski definition) is 4. The van der Waals surface area contributed by atoms with E-state index in [1.807, 2.05) is 24.3 Å². The van der Waals surface area contributed by atoms with Crippen molar-refractivity contribution in [2.75, 3.05) is 26.5 Å². The van der Waals surface area contributed by atoms with Crippen LogP contribution in [0.1, 0.15) is 31.2 Å². The van der Waals surface area contributed by atoms with Crippen LogP contribution in [0, 0.1) is 0 Å². The first-order valence-electron chi connectivity index (χ1n) is 8.26. The van der Waals surface area contributed by atoms with Gasteiger partial charge in [0.05, 0.1) is 19.9 Å². The van der Waals surface area contributed by atoms with Crippen molar-refractivity contribution < 1.29 is 17.9 Å². The number of nitrogens with zero attached hydrogens (tertiary/aromatic N) is 1. The van der Waals surface area contributed by atoms with Gasteiger partial charge in [0.1, 0.15) is 5.75 Å². The Balaban J connectivity index is 1.84. The molecule has 1 aliphatic rings. The Hall–Kier alpha value is -1.60. The number of benzene rings is 1. The van der Waals surface area contributed by atoms with E-state index >= 15 is 0 Å². The van der Waals surface area contributed by atoms with E-state index in [-0.39, 0.29) is 18.5 Å². The molecule has 1 saturated carbocycles. The van der Waals surface area contributed by atoms with Crippen molar-refractivity contribution >= 4 is 15.9 Å². The van der Waals surface area contributed by atoms with Crippen LogP contribution in [0.5, 0.6) is 5.75 Å². The second kappa shape index (κ2) is 8.48. The zero-order valence-corrected chi connectivity index (χ0v) is 15.1. The molecule has 0 spiro atoms. The molecule has 7 heteroatoms. The number of sulfonamides is 1. The maximum absolute atomic E-state index is 12.1. The summed E-state index contributed by atoms with van der Waals surface area (Å²) in [5, 5.41) is 2.81. The van der Waals surface area contributed by atoms with E-state index in [4.69, 9.17) is 4.74 Å². The van der Waals surface area contributed by atoms with E-state index in [9.17, 15) is 13.2 Å². The molecule has 0 aliphatic heterocycles. The largest absolute Gasteiger partial charge is 0.497 e. The monoisotopic (exact) mass is 354 g/mol. The minimum Gasteiger partial charge on any atom is -0.497 e. The van der Waals surface area contributed by atoms with Gasteiger partial charge in [-0.1, -0.05) is 25.0 Å². The Morgan fingerprint density at radius 1 is 1.33 bits per heavy atom. The molecule has 0 radical (unpaired) electrons. The molecule has 24 heavy (non-hydrogen) atoms. The lowest BCUT2D eigenvalue weighted by atomic mass is 10.1. The van der Waals surface area contributed by atoms with Crippen LogP contribution >= 0.6 is 0 Å². The van der Waals surface area contributed by atoms with E-state index in [2.05, 4.69) is 5.32 Å². The van der Waals surface area contributed by atoms with Crippen LogP contribution in [0.4, 0.5) is 0 Å². The van der Waals surface area contributed by atoms with E-state index in [0.29, 0.717) is 13.0 Å². The molecule has 0 bridgehead atoms. The van der Waals surface area contributed by atoms with Gasteiger partial charge in [-0.25, -0.2) is 8.42 Å². The third-order valence-corrected chi connectivity index (χ3v) is 5.61. The quantitative estimate of drug-likeness (QED) is 0.769. The lowest BCUT2D eigenvalue weighted by molar-refractivity contribution is -0.121. The number of nitrogens with one attached hydrogen (secondary N) is 1. The molecule has 1 amide bonds. The lowest BCUT2D eigenvalue weighted by Gasteiger charge is -2.25. The second-order valence-corrected chi connectivity index (χ2v) is 8.13. The summed E-state index contributed by atoms with van der Waals surface area (Å²) in [4.78, 5) is 12.1. The summed E-state index contributed by atoms with van der Waals surface area (Å²) in [5.74, 6) is 0.526. The molecule has 0 aromatic heterocycles. The molecule has 1 fully saturated rings. The average molecular weight is 354 g/mol. The number of methoxy groups -OCH3 is 1. The molecule has 1 aromatic carbocycles. The molecule has 0 atom stereocenters. The number of carbonyl (C=O) groups is 1. The highest BCUT2D eigenvalue weighted by atomic mass is 32.2. The fourth-order valence-electron chi connectivity index (χ4n) is 3.08. The van der Waals surface area contributed by atoms with Crippen molar-refractivity contribution in [1.82, 2.24) is 9.62 Å². The van der Waals surface area contributed by atoms with Gasteiger partial charge in [-0.3, -0.25) is 4.79 Å². The molecular weight excluding hydrogens is 328 g/mol. The molecule has 6 nitrogen and oxygen atoms in total. The van der Waals surface area contributed by atoms with Crippen LogP contribution < -0.4 is 10.1 Å². The number of carbonyl (C=O) groups excluding carboxylic acids is 1. The van der Waals surface area contributed by atoms with E-state index in [1.54, 1.807) is 7.11 Å². The maximum atomic E-state index is 12.1. The first-order valence-corrected chi connectivity index (χ1v) is 10.1. The zero-order chi connectivity index (χ0) is 17.6. The summed E-state index contributed by atoms with van der Waals surface area (Å²) < 4.78 is 30.4. The Morgan fingerprint density at radius 2 is 2.04 bits per heavy atom. The average Bonchev–Trinajstić information content (AvgIpc) is 3.05. The zero-order valence-electron chi connectivity index (χ0n) is 14.3. The predicted octanol–water partition coefficient (Wildman–Crippen LogP) is 1.56. The van der Waals surface area contributed by atoms with Crippen molar-refractivity contribution in [2.24, 2.45) is 0 Å². The molecule has 2 rings (SSSR count). The second-order valence-electron chi connectivity index (χ2n) is 6.20. The van der Waals surface area contributed by atoms with Crippen LogP contribution in [-0.4, -0.2) is 51.1 Å². The molecule has 134 valence electrons. The van der Waals surface area contributed by atoms with Crippen LogP contribution in [0.25, 0.3) is 0 Å². The predicted molar refractivity (Wildman–Crippen MR) is 93.5 cm³/mol. The van der Waals surface area contributed by atoms with Crippen LogP contribution in [0.15, 0.2) is 24.3 Å². The number of ether oxygens (including phenoxy) is 1. The maximum Gasteiger partial charge on any atom is 0.235 e. The summed E-state index contributed by atoms with van der Waals surface area (Å²) >= 11 is 0. The van der Waals surface area contributed by atoms with Crippen molar-refractivity contribution in [3.63, 3.8) is 0 Å². The Bertz CT molecular complexity index is 654. The molecule has 1 aliphatic carbocycles. The van der Waals surface area contributed by atoms with Crippen molar-refractivity contribution in [3.05, 3.63) is 29.8 Å². The number of amides is 1. The van der Waals surface area contributed by atoms with Gasteiger partial charge in [-0.05, 0) is 37.0 Å². The normalized spacial score (nSPS) is 15.6. The minimum absolute atomic E-state index is 0.0378. The standard InChI is InChI=1S/C17H26N2O4S/c1-23-16-9-5-6-14(12-16)10-11-18-17(20)13-19(24(2,21)22)15-7-3-4-8-15/h5-6,9,12,15H,3-4,7-8,10-11,13H2,1-2H3,(H,18,20). The highest BCUT2D eigenvalue weighted by Gasteiger charge is 2.30. The van der Waals surface area contributed by atoms with Gasteiger partial charge < -0.3 is 10.1 Å². The third-order valence-electron chi connectivity index (χ3n) is 4.33. The summed E-state index contributed by atoms with van der Waals surface area (Å²) in [7, 11) is -1.76. The molecule has 0 saturated heterocycles. The van der Waals surface area contributed by atoms with E-state index in [0.717, 1.165) is 37.0 Å². The van der Waals surface area contributed by atoms with Gasteiger partial charge in [0, 0.05) is 12.6 Å². The molecule has 0 heterocycles. The van der Waals surface area contributed by atoms with Gasteiger partial charge in [-0.15, -0.1) is 0 Å². The highest BCUT2D eigenvalue weighted by molar-refractivity contribution is 7.88. The lowest BCUT2D eigenvalue weighted by Crippen LogP contribution is -2.45.